The van der Waals surface area contributed by atoms with Gasteiger partial charge in [-0.2, -0.15) is 0 Å². The minimum Gasteiger partial charge on any atom is -0.382 e. The Kier molecular flexibility index (Phi) is 5.12. The molecule has 0 bridgehead atoms. The van der Waals surface area contributed by atoms with Crippen LogP contribution in [0.3, 0.4) is 0 Å². The van der Waals surface area contributed by atoms with Crippen LogP contribution in [0.25, 0.3) is 0 Å². The van der Waals surface area contributed by atoms with Gasteiger partial charge >= 0.3 is 6.03 Å². The number of nitrogens with two attached hydrogens (primary N) is 1. The van der Waals surface area contributed by atoms with Gasteiger partial charge in [-0.05, 0) is 31.5 Å². The molecule has 1 aromatic rings. The largest absolute Gasteiger partial charge is 0.382 e. The van der Waals surface area contributed by atoms with Gasteiger partial charge in [-0.15, -0.1) is 0 Å². The molecule has 2 amide bonds. The molecule has 0 saturated heterocycles. The second kappa shape index (κ2) is 6.37. The molecule has 0 heterocycles. The van der Waals surface area contributed by atoms with E-state index in [-0.39, 0.29) is 6.03 Å². The molecular formula is C13H21N3O2. The van der Waals surface area contributed by atoms with E-state index >= 15 is 0 Å². The van der Waals surface area contributed by atoms with E-state index in [0.29, 0.717) is 13.2 Å². The van der Waals surface area contributed by atoms with E-state index in [2.05, 4.69) is 10.6 Å². The monoisotopic (exact) mass is 251 g/mol. The highest BCUT2D eigenvalue weighted by atomic mass is 16.5. The predicted molar refractivity (Wildman–Crippen MR) is 72.4 cm³/mol. The number of hydrogen-bond acceptors (Lipinski definition) is 3. The van der Waals surface area contributed by atoms with Gasteiger partial charge in [0, 0.05) is 19.3 Å². The Morgan fingerprint density at radius 1 is 1.33 bits per heavy atom. The van der Waals surface area contributed by atoms with Crippen LogP contribution in [0.4, 0.5) is 10.5 Å². The van der Waals surface area contributed by atoms with Crippen LogP contribution in [0.2, 0.25) is 0 Å². The molecule has 0 aromatic heterocycles. The van der Waals surface area contributed by atoms with E-state index in [9.17, 15) is 4.79 Å². The first-order valence-corrected chi connectivity index (χ1v) is 5.84. The van der Waals surface area contributed by atoms with Crippen LogP contribution in [0.15, 0.2) is 24.3 Å². The number of carbonyl (C=O) groups excluding carboxylic acids is 1. The van der Waals surface area contributed by atoms with E-state index in [1.165, 1.54) is 0 Å². The van der Waals surface area contributed by atoms with Gasteiger partial charge in [-0.25, -0.2) is 4.79 Å². The van der Waals surface area contributed by atoms with Crippen molar-refractivity contribution in [3.63, 3.8) is 0 Å². The van der Waals surface area contributed by atoms with Gasteiger partial charge in [0.05, 0.1) is 12.1 Å². The Balaban J connectivity index is 2.53. The number of anilines is 1. The van der Waals surface area contributed by atoms with Crippen LogP contribution in [-0.2, 0) is 11.3 Å². The SMILES string of the molecule is COCC(C)(C)NC(=O)Nc1ccc(CN)cc1. The number of methoxy groups -OCH3 is 1. The molecule has 1 aromatic carbocycles. The Labute approximate surface area is 108 Å². The second-order valence-electron chi connectivity index (χ2n) is 4.80. The van der Waals surface area contributed by atoms with E-state index in [1.54, 1.807) is 7.11 Å². The minimum atomic E-state index is -0.407. The minimum absolute atomic E-state index is 0.252. The highest BCUT2D eigenvalue weighted by Gasteiger charge is 2.19. The van der Waals surface area contributed by atoms with Gasteiger partial charge in [0.15, 0.2) is 0 Å². The Morgan fingerprint density at radius 2 is 1.94 bits per heavy atom. The lowest BCUT2D eigenvalue weighted by atomic mass is 10.1. The zero-order valence-electron chi connectivity index (χ0n) is 11.1. The van der Waals surface area contributed by atoms with Crippen molar-refractivity contribution in [2.75, 3.05) is 19.0 Å². The molecule has 0 atom stereocenters. The molecule has 0 aliphatic rings. The van der Waals surface area contributed by atoms with Crippen molar-refractivity contribution in [3.8, 4) is 0 Å². The molecule has 0 unspecified atom stereocenters. The number of ether oxygens (including phenoxy) is 1. The summed E-state index contributed by atoms with van der Waals surface area (Å²) in [5.74, 6) is 0. The zero-order valence-corrected chi connectivity index (χ0v) is 11.1. The topological polar surface area (TPSA) is 76.4 Å². The second-order valence-corrected chi connectivity index (χ2v) is 4.80. The third kappa shape index (κ3) is 4.73. The maximum Gasteiger partial charge on any atom is 0.319 e. The summed E-state index contributed by atoms with van der Waals surface area (Å²) in [5, 5.41) is 5.60. The standard InChI is InChI=1S/C13H21N3O2/c1-13(2,9-18-3)16-12(17)15-11-6-4-10(8-14)5-7-11/h4-7H,8-9,14H2,1-3H3,(H2,15,16,17). The fourth-order valence-electron chi connectivity index (χ4n) is 1.59. The Hall–Kier alpha value is -1.59. The van der Waals surface area contributed by atoms with E-state index in [4.69, 9.17) is 10.5 Å². The van der Waals surface area contributed by atoms with E-state index in [1.807, 2.05) is 38.1 Å². The molecule has 0 radical (unpaired) electrons. The van der Waals surface area contributed by atoms with Crippen LogP contribution in [-0.4, -0.2) is 25.3 Å². The van der Waals surface area contributed by atoms with Crippen molar-refractivity contribution in [1.82, 2.24) is 5.32 Å². The first-order valence-electron chi connectivity index (χ1n) is 5.84. The number of carbonyl (C=O) groups is 1. The van der Waals surface area contributed by atoms with Crippen molar-refractivity contribution in [3.05, 3.63) is 29.8 Å². The third-order valence-electron chi connectivity index (χ3n) is 2.40. The maximum atomic E-state index is 11.8. The number of rotatable bonds is 5. The van der Waals surface area contributed by atoms with Crippen molar-refractivity contribution >= 4 is 11.7 Å². The molecule has 5 nitrogen and oxygen atoms in total. The normalized spacial score (nSPS) is 11.1. The zero-order chi connectivity index (χ0) is 13.6. The molecule has 100 valence electrons. The fourth-order valence-corrected chi connectivity index (χ4v) is 1.59. The summed E-state index contributed by atoms with van der Waals surface area (Å²) in [5.41, 5.74) is 6.86. The van der Waals surface area contributed by atoms with Crippen LogP contribution in [0.5, 0.6) is 0 Å². The first-order chi connectivity index (χ1) is 8.46. The number of nitrogens with one attached hydrogen (secondary N) is 2. The van der Waals surface area contributed by atoms with Gasteiger partial charge in [-0.1, -0.05) is 12.1 Å². The van der Waals surface area contributed by atoms with Gasteiger partial charge in [0.1, 0.15) is 0 Å². The molecule has 18 heavy (non-hydrogen) atoms. The number of benzene rings is 1. The average molecular weight is 251 g/mol. The highest BCUT2D eigenvalue weighted by Crippen LogP contribution is 2.10. The maximum absolute atomic E-state index is 11.8. The summed E-state index contributed by atoms with van der Waals surface area (Å²) in [4.78, 5) is 11.8. The summed E-state index contributed by atoms with van der Waals surface area (Å²) in [6, 6.07) is 7.17. The molecule has 0 aliphatic carbocycles. The van der Waals surface area contributed by atoms with Gasteiger partial charge in [-0.3, -0.25) is 0 Å². The number of urea groups is 1. The molecule has 0 spiro atoms. The fraction of sp³-hybridized carbons (Fsp3) is 0.462. The molecule has 0 aliphatic heterocycles. The molecular weight excluding hydrogens is 230 g/mol. The lowest BCUT2D eigenvalue weighted by Gasteiger charge is -2.25. The third-order valence-corrected chi connectivity index (χ3v) is 2.40. The van der Waals surface area contributed by atoms with Crippen LogP contribution < -0.4 is 16.4 Å². The lowest BCUT2D eigenvalue weighted by molar-refractivity contribution is 0.133. The smallest absolute Gasteiger partial charge is 0.319 e. The molecule has 0 fully saturated rings. The van der Waals surface area contributed by atoms with E-state index in [0.717, 1.165) is 11.3 Å². The lowest BCUT2D eigenvalue weighted by Crippen LogP contribution is -2.48. The van der Waals surface area contributed by atoms with Gasteiger partial charge in [0.2, 0.25) is 0 Å². The molecule has 1 rings (SSSR count). The molecule has 5 heteroatoms. The average Bonchev–Trinajstić information content (AvgIpc) is 2.28. The number of hydrogen-bond donors (Lipinski definition) is 3. The van der Waals surface area contributed by atoms with E-state index < -0.39 is 5.54 Å². The van der Waals surface area contributed by atoms with Crippen molar-refractivity contribution < 1.29 is 9.53 Å². The first kappa shape index (κ1) is 14.5. The molecule has 4 N–H and O–H groups in total. The van der Waals surface area contributed by atoms with Gasteiger partial charge in [0.25, 0.3) is 0 Å². The summed E-state index contributed by atoms with van der Waals surface area (Å²) in [7, 11) is 1.60. The van der Waals surface area contributed by atoms with Crippen molar-refractivity contribution in [2.24, 2.45) is 5.73 Å². The molecule has 0 saturated carbocycles. The van der Waals surface area contributed by atoms with Crippen LogP contribution >= 0.6 is 0 Å². The number of amides is 2. The Bertz CT molecular complexity index is 388. The predicted octanol–water partition coefficient (Wildman–Crippen LogP) is 1.69. The summed E-state index contributed by atoms with van der Waals surface area (Å²) in [6.07, 6.45) is 0. The van der Waals surface area contributed by atoms with Crippen LogP contribution in [0, 0.1) is 0 Å². The summed E-state index contributed by atoms with van der Waals surface area (Å²) in [6.45, 7) is 4.74. The highest BCUT2D eigenvalue weighted by molar-refractivity contribution is 5.89. The van der Waals surface area contributed by atoms with Gasteiger partial charge < -0.3 is 21.1 Å². The van der Waals surface area contributed by atoms with Crippen LogP contribution in [0.1, 0.15) is 19.4 Å². The van der Waals surface area contributed by atoms with Crippen molar-refractivity contribution in [2.45, 2.75) is 25.9 Å². The summed E-state index contributed by atoms with van der Waals surface area (Å²) < 4.78 is 5.03. The quantitative estimate of drug-likeness (QED) is 0.745. The summed E-state index contributed by atoms with van der Waals surface area (Å²) >= 11 is 0. The van der Waals surface area contributed by atoms with Crippen molar-refractivity contribution in [1.29, 1.82) is 0 Å². The Morgan fingerprint density at radius 3 is 2.44 bits per heavy atom.